The highest BCUT2D eigenvalue weighted by Crippen LogP contribution is 2.19. The van der Waals surface area contributed by atoms with Crippen LogP contribution in [0.15, 0.2) is 60.0 Å². The predicted octanol–water partition coefficient (Wildman–Crippen LogP) is 2.18. The van der Waals surface area contributed by atoms with Gasteiger partial charge in [0.2, 0.25) is 5.91 Å². The van der Waals surface area contributed by atoms with E-state index in [1.807, 2.05) is 12.1 Å². The summed E-state index contributed by atoms with van der Waals surface area (Å²) in [5.74, 6) is -0.305. The van der Waals surface area contributed by atoms with Crippen LogP contribution in [0.1, 0.15) is 21.5 Å². The first-order valence-electron chi connectivity index (χ1n) is 9.34. The van der Waals surface area contributed by atoms with Crippen LogP contribution in [0.2, 0.25) is 0 Å². The van der Waals surface area contributed by atoms with Gasteiger partial charge in [-0.2, -0.15) is 5.10 Å². The number of nitrogens with zero attached hydrogens (tertiary/aromatic N) is 2. The van der Waals surface area contributed by atoms with Crippen LogP contribution >= 0.6 is 11.8 Å². The van der Waals surface area contributed by atoms with Crippen molar-refractivity contribution in [1.29, 1.82) is 0 Å². The third kappa shape index (κ3) is 6.96. The van der Waals surface area contributed by atoms with Gasteiger partial charge in [-0.25, -0.2) is 4.98 Å². The molecular formula is C21H21N5O4S. The molecule has 3 N–H and O–H groups in total. The molecule has 0 aliphatic carbocycles. The van der Waals surface area contributed by atoms with Crippen molar-refractivity contribution in [1.82, 2.24) is 20.5 Å². The van der Waals surface area contributed by atoms with Crippen LogP contribution in [0, 0.1) is 0 Å². The Hall–Kier alpha value is -3.66. The Balaban J connectivity index is 1.48. The lowest BCUT2D eigenvalue weighted by Crippen LogP contribution is -2.31. The number of amides is 2. The first-order valence-corrected chi connectivity index (χ1v) is 10.3. The molecule has 3 aromatic rings. The van der Waals surface area contributed by atoms with Crippen LogP contribution in [0.25, 0.3) is 0 Å². The lowest BCUT2D eigenvalue weighted by atomic mass is 10.1. The predicted molar refractivity (Wildman–Crippen MR) is 116 cm³/mol. The Kier molecular flexibility index (Phi) is 7.77. The van der Waals surface area contributed by atoms with Crippen molar-refractivity contribution in [2.75, 3.05) is 19.0 Å². The second kappa shape index (κ2) is 10.9. The number of anilines is 1. The van der Waals surface area contributed by atoms with Gasteiger partial charge in [0.1, 0.15) is 12.9 Å². The fourth-order valence-electron chi connectivity index (χ4n) is 2.57. The van der Waals surface area contributed by atoms with Crippen molar-refractivity contribution in [3.63, 3.8) is 0 Å². The van der Waals surface area contributed by atoms with Crippen LogP contribution < -0.4 is 10.6 Å². The van der Waals surface area contributed by atoms with E-state index in [1.54, 1.807) is 36.4 Å². The van der Waals surface area contributed by atoms with E-state index in [1.165, 1.54) is 25.2 Å². The SMILES string of the molecule is COC(=O)CNC(=O)Cc1ccc(NC(=O)c2ccc(CSc3ncn[nH]3)cc2)cc1. The lowest BCUT2D eigenvalue weighted by molar-refractivity contribution is -0.141. The smallest absolute Gasteiger partial charge is 0.325 e. The van der Waals surface area contributed by atoms with Crippen LogP contribution in [-0.4, -0.2) is 46.6 Å². The van der Waals surface area contributed by atoms with Gasteiger partial charge in [0.05, 0.1) is 13.5 Å². The van der Waals surface area contributed by atoms with Gasteiger partial charge >= 0.3 is 5.97 Å². The van der Waals surface area contributed by atoms with E-state index in [2.05, 4.69) is 30.6 Å². The second-order valence-corrected chi connectivity index (χ2v) is 7.42. The summed E-state index contributed by atoms with van der Waals surface area (Å²) in [5.41, 5.74) is 2.98. The molecule has 2 amide bonds. The third-order valence-corrected chi connectivity index (χ3v) is 5.17. The zero-order chi connectivity index (χ0) is 22.1. The van der Waals surface area contributed by atoms with Crippen molar-refractivity contribution in [2.24, 2.45) is 0 Å². The van der Waals surface area contributed by atoms with E-state index >= 15 is 0 Å². The van der Waals surface area contributed by atoms with E-state index in [0.717, 1.165) is 16.3 Å². The summed E-state index contributed by atoms with van der Waals surface area (Å²) in [6.07, 6.45) is 1.58. The molecule has 0 bridgehead atoms. The molecule has 3 rings (SSSR count). The molecule has 0 saturated heterocycles. The number of carbonyl (C=O) groups excluding carboxylic acids is 3. The molecule has 1 heterocycles. The Morgan fingerprint density at radius 1 is 1.03 bits per heavy atom. The maximum absolute atomic E-state index is 12.5. The molecule has 0 spiro atoms. The topological polar surface area (TPSA) is 126 Å². The first-order chi connectivity index (χ1) is 15.0. The number of aromatic nitrogens is 3. The lowest BCUT2D eigenvalue weighted by Gasteiger charge is -2.08. The van der Waals surface area contributed by atoms with Crippen molar-refractivity contribution < 1.29 is 19.1 Å². The summed E-state index contributed by atoms with van der Waals surface area (Å²) in [4.78, 5) is 39.4. The monoisotopic (exact) mass is 439 g/mol. The number of nitrogens with one attached hydrogen (secondary N) is 3. The average molecular weight is 439 g/mol. The normalized spacial score (nSPS) is 10.4. The van der Waals surface area contributed by atoms with Crippen LogP contribution in [0.3, 0.4) is 0 Å². The van der Waals surface area contributed by atoms with Gasteiger partial charge in [-0.05, 0) is 35.4 Å². The first kappa shape index (κ1) is 22.0. The fourth-order valence-corrected chi connectivity index (χ4v) is 3.30. The van der Waals surface area contributed by atoms with Gasteiger partial charge < -0.3 is 15.4 Å². The molecule has 0 aliphatic heterocycles. The van der Waals surface area contributed by atoms with Crippen LogP contribution in [-0.2, 0) is 26.5 Å². The van der Waals surface area contributed by atoms with Crippen LogP contribution in [0.4, 0.5) is 5.69 Å². The number of ether oxygens (including phenoxy) is 1. The molecule has 0 radical (unpaired) electrons. The summed E-state index contributed by atoms with van der Waals surface area (Å²) < 4.78 is 4.47. The van der Waals surface area contributed by atoms with Crippen molar-refractivity contribution in [3.05, 3.63) is 71.5 Å². The minimum atomic E-state index is -0.506. The second-order valence-electron chi connectivity index (χ2n) is 6.46. The van der Waals surface area contributed by atoms with Gasteiger partial charge in [0.25, 0.3) is 5.91 Å². The molecule has 160 valence electrons. The molecule has 0 saturated carbocycles. The van der Waals surface area contributed by atoms with E-state index in [0.29, 0.717) is 17.0 Å². The van der Waals surface area contributed by atoms with Gasteiger partial charge in [-0.3, -0.25) is 19.5 Å². The highest BCUT2D eigenvalue weighted by atomic mass is 32.2. The molecule has 0 unspecified atom stereocenters. The number of esters is 1. The minimum absolute atomic E-state index is 0.124. The Morgan fingerprint density at radius 3 is 2.39 bits per heavy atom. The number of carbonyl (C=O) groups is 3. The standard InChI is InChI=1S/C21H21N5O4S/c1-30-19(28)11-22-18(27)10-14-4-8-17(9-5-14)25-20(29)16-6-2-15(3-7-16)12-31-21-23-13-24-26-21/h2-9,13H,10-12H2,1H3,(H,22,27)(H,25,29)(H,23,24,26). The molecule has 0 fully saturated rings. The number of hydrogen-bond acceptors (Lipinski definition) is 7. The van der Waals surface area contributed by atoms with Gasteiger partial charge in [0.15, 0.2) is 5.16 Å². The highest BCUT2D eigenvalue weighted by Gasteiger charge is 2.09. The van der Waals surface area contributed by atoms with Gasteiger partial charge in [0, 0.05) is 17.0 Å². The maximum atomic E-state index is 12.5. The molecule has 1 aromatic heterocycles. The number of benzene rings is 2. The molecule has 0 aliphatic rings. The molecule has 0 atom stereocenters. The molecule has 10 heteroatoms. The van der Waals surface area contributed by atoms with Crippen molar-refractivity contribution in [3.8, 4) is 0 Å². The number of H-pyrrole nitrogens is 1. The Labute approximate surface area is 183 Å². The summed E-state index contributed by atoms with van der Waals surface area (Å²) in [5, 5.41) is 12.6. The Morgan fingerprint density at radius 2 is 1.74 bits per heavy atom. The largest absolute Gasteiger partial charge is 0.468 e. The number of thioether (sulfide) groups is 1. The van der Waals surface area contributed by atoms with E-state index in [9.17, 15) is 14.4 Å². The van der Waals surface area contributed by atoms with E-state index in [-0.39, 0.29) is 24.8 Å². The number of methoxy groups -OCH3 is 1. The summed E-state index contributed by atoms with van der Waals surface area (Å²) in [6.45, 7) is -0.166. The zero-order valence-corrected chi connectivity index (χ0v) is 17.6. The molecule has 31 heavy (non-hydrogen) atoms. The summed E-state index contributed by atoms with van der Waals surface area (Å²) in [7, 11) is 1.26. The maximum Gasteiger partial charge on any atom is 0.325 e. The van der Waals surface area contributed by atoms with Crippen molar-refractivity contribution >= 4 is 35.2 Å². The van der Waals surface area contributed by atoms with E-state index in [4.69, 9.17) is 0 Å². The Bertz CT molecular complexity index is 1020. The molecule has 2 aromatic carbocycles. The average Bonchev–Trinajstić information content (AvgIpc) is 3.31. The van der Waals surface area contributed by atoms with Crippen molar-refractivity contribution in [2.45, 2.75) is 17.3 Å². The number of hydrogen-bond donors (Lipinski definition) is 3. The minimum Gasteiger partial charge on any atom is -0.468 e. The summed E-state index contributed by atoms with van der Waals surface area (Å²) >= 11 is 1.53. The van der Waals surface area contributed by atoms with Gasteiger partial charge in [-0.1, -0.05) is 36.0 Å². The highest BCUT2D eigenvalue weighted by molar-refractivity contribution is 7.98. The van der Waals surface area contributed by atoms with Crippen LogP contribution in [0.5, 0.6) is 0 Å². The van der Waals surface area contributed by atoms with E-state index < -0.39 is 5.97 Å². The zero-order valence-electron chi connectivity index (χ0n) is 16.8. The summed E-state index contributed by atoms with van der Waals surface area (Å²) in [6, 6.07) is 14.3. The number of rotatable bonds is 9. The third-order valence-electron chi connectivity index (χ3n) is 4.22. The fraction of sp³-hybridized carbons (Fsp3) is 0.190. The molecular weight excluding hydrogens is 418 g/mol. The molecule has 9 nitrogen and oxygen atoms in total. The van der Waals surface area contributed by atoms with Gasteiger partial charge in [-0.15, -0.1) is 0 Å². The quantitative estimate of drug-likeness (QED) is 0.345. The number of aromatic amines is 1.